The molecule has 0 heterocycles. The number of hydrogen-bond acceptors (Lipinski definition) is 3. The zero-order chi connectivity index (χ0) is 14.5. The van der Waals surface area contributed by atoms with Gasteiger partial charge in [-0.3, -0.25) is 4.79 Å². The van der Waals surface area contributed by atoms with Crippen molar-refractivity contribution in [2.75, 3.05) is 12.3 Å². The number of nitrogens with one attached hydrogen (secondary N) is 1. The van der Waals surface area contributed by atoms with Crippen molar-refractivity contribution in [3.05, 3.63) is 33.8 Å². The number of benzene rings is 1. The van der Waals surface area contributed by atoms with E-state index >= 15 is 0 Å². The molecule has 1 rings (SSSR count). The highest BCUT2D eigenvalue weighted by atomic mass is 79.9. The van der Waals surface area contributed by atoms with Crippen LogP contribution in [-0.4, -0.2) is 26.6 Å². The quantitative estimate of drug-likeness (QED) is 0.806. The van der Waals surface area contributed by atoms with Crippen LogP contribution in [0.25, 0.3) is 0 Å². The van der Waals surface area contributed by atoms with Crippen LogP contribution in [0.1, 0.15) is 17.5 Å². The zero-order valence-corrected chi connectivity index (χ0v) is 13.1. The van der Waals surface area contributed by atoms with Crippen molar-refractivity contribution >= 4 is 31.9 Å². The van der Waals surface area contributed by atoms with Crippen LogP contribution in [-0.2, 0) is 21.2 Å². The fraction of sp³-hybridized carbons (Fsp3) is 0.417. The summed E-state index contributed by atoms with van der Waals surface area (Å²) in [5.74, 6) is -0.417. The number of primary sulfonamides is 1. The average Bonchev–Trinajstić information content (AvgIpc) is 2.29. The molecule has 5 nitrogen and oxygen atoms in total. The molecule has 106 valence electrons. The summed E-state index contributed by atoms with van der Waals surface area (Å²) in [6, 6.07) is 5.92. The van der Waals surface area contributed by atoms with E-state index in [1.807, 2.05) is 25.1 Å². The van der Waals surface area contributed by atoms with Gasteiger partial charge in [0.25, 0.3) is 0 Å². The van der Waals surface area contributed by atoms with Crippen LogP contribution in [0, 0.1) is 6.92 Å². The predicted octanol–water partition coefficient (Wildman–Crippen LogP) is 1.09. The summed E-state index contributed by atoms with van der Waals surface area (Å²) in [6.45, 7) is 2.04. The monoisotopic (exact) mass is 348 g/mol. The normalized spacial score (nSPS) is 11.3. The Morgan fingerprint density at radius 1 is 1.42 bits per heavy atom. The molecule has 1 aromatic carbocycles. The Kier molecular flexibility index (Phi) is 5.96. The Hall–Kier alpha value is -0.920. The van der Waals surface area contributed by atoms with E-state index in [1.54, 1.807) is 0 Å². The van der Waals surface area contributed by atoms with E-state index in [4.69, 9.17) is 5.14 Å². The van der Waals surface area contributed by atoms with Gasteiger partial charge < -0.3 is 5.32 Å². The molecule has 1 aromatic rings. The van der Waals surface area contributed by atoms with Gasteiger partial charge in [-0.2, -0.15) is 0 Å². The topological polar surface area (TPSA) is 89.3 Å². The van der Waals surface area contributed by atoms with Gasteiger partial charge in [0.15, 0.2) is 0 Å². The average molecular weight is 349 g/mol. The van der Waals surface area contributed by atoms with Crippen LogP contribution in [0.2, 0.25) is 0 Å². The van der Waals surface area contributed by atoms with Gasteiger partial charge in [-0.15, -0.1) is 0 Å². The number of amides is 1. The van der Waals surface area contributed by atoms with Gasteiger partial charge >= 0.3 is 0 Å². The zero-order valence-electron chi connectivity index (χ0n) is 10.6. The lowest BCUT2D eigenvalue weighted by molar-refractivity contribution is -0.120. The number of carbonyl (C=O) groups is 1. The highest BCUT2D eigenvalue weighted by molar-refractivity contribution is 9.10. The van der Waals surface area contributed by atoms with E-state index in [1.165, 1.54) is 0 Å². The molecule has 0 aliphatic rings. The van der Waals surface area contributed by atoms with Crippen LogP contribution < -0.4 is 10.5 Å². The molecular weight excluding hydrogens is 332 g/mol. The fourth-order valence-electron chi connectivity index (χ4n) is 1.54. The first kappa shape index (κ1) is 16.1. The highest BCUT2D eigenvalue weighted by Gasteiger charge is 2.06. The second-order valence-corrected chi connectivity index (χ2v) is 6.89. The molecule has 0 spiro atoms. The Labute approximate surface area is 121 Å². The number of nitrogens with two attached hydrogens (primary N) is 1. The van der Waals surface area contributed by atoms with Crippen LogP contribution in [0.4, 0.5) is 0 Å². The van der Waals surface area contributed by atoms with E-state index in [0.717, 1.165) is 15.6 Å². The minimum Gasteiger partial charge on any atom is -0.355 e. The molecule has 0 saturated carbocycles. The third-order valence-electron chi connectivity index (χ3n) is 2.57. The molecule has 0 aliphatic carbocycles. The minimum absolute atomic E-state index is 0.0526. The molecule has 0 radical (unpaired) electrons. The molecule has 0 fully saturated rings. The lowest BCUT2D eigenvalue weighted by Crippen LogP contribution is -2.31. The third kappa shape index (κ3) is 6.70. The first-order chi connectivity index (χ1) is 8.78. The molecule has 7 heteroatoms. The summed E-state index contributed by atoms with van der Waals surface area (Å²) in [4.78, 5) is 11.5. The summed E-state index contributed by atoms with van der Waals surface area (Å²) in [5.41, 5.74) is 2.19. The van der Waals surface area contributed by atoms with Crippen molar-refractivity contribution in [1.29, 1.82) is 0 Å². The van der Waals surface area contributed by atoms with Crippen LogP contribution in [0.5, 0.6) is 0 Å². The number of rotatable bonds is 6. The Morgan fingerprint density at radius 3 is 2.68 bits per heavy atom. The largest absolute Gasteiger partial charge is 0.355 e. The SMILES string of the molecule is Cc1cc(CCC(=O)NCCS(N)(=O)=O)ccc1Br. The van der Waals surface area contributed by atoms with Crippen molar-refractivity contribution < 1.29 is 13.2 Å². The van der Waals surface area contributed by atoms with Crippen molar-refractivity contribution in [3.63, 3.8) is 0 Å². The van der Waals surface area contributed by atoms with Crippen molar-refractivity contribution in [3.8, 4) is 0 Å². The number of carbonyl (C=O) groups excluding carboxylic acids is 1. The van der Waals surface area contributed by atoms with Gasteiger partial charge in [-0.25, -0.2) is 13.6 Å². The standard InChI is InChI=1S/C12H17BrN2O3S/c1-9-8-10(2-4-11(9)13)3-5-12(16)15-6-7-19(14,17)18/h2,4,8H,3,5-7H2,1H3,(H,15,16)(H2,14,17,18). The molecule has 1 amide bonds. The van der Waals surface area contributed by atoms with E-state index < -0.39 is 10.0 Å². The summed E-state index contributed by atoms with van der Waals surface area (Å²) in [5, 5.41) is 7.36. The molecule has 0 aromatic heterocycles. The van der Waals surface area contributed by atoms with Crippen molar-refractivity contribution in [1.82, 2.24) is 5.32 Å². The Bertz CT molecular complexity index is 558. The van der Waals surface area contributed by atoms with E-state index in [2.05, 4.69) is 21.2 Å². The number of aryl methyl sites for hydroxylation is 2. The maximum atomic E-state index is 11.5. The minimum atomic E-state index is -3.52. The van der Waals surface area contributed by atoms with Crippen molar-refractivity contribution in [2.45, 2.75) is 19.8 Å². The Balaban J connectivity index is 2.36. The summed E-state index contributed by atoms with van der Waals surface area (Å²) < 4.78 is 22.4. The van der Waals surface area contributed by atoms with E-state index in [0.29, 0.717) is 12.8 Å². The predicted molar refractivity (Wildman–Crippen MR) is 78.2 cm³/mol. The number of sulfonamides is 1. The molecule has 0 bridgehead atoms. The number of halogens is 1. The second kappa shape index (κ2) is 7.02. The molecule has 19 heavy (non-hydrogen) atoms. The van der Waals surface area contributed by atoms with Gasteiger partial charge in [0.05, 0.1) is 5.75 Å². The number of hydrogen-bond donors (Lipinski definition) is 2. The highest BCUT2D eigenvalue weighted by Crippen LogP contribution is 2.17. The summed E-state index contributed by atoms with van der Waals surface area (Å²) >= 11 is 3.41. The molecule has 3 N–H and O–H groups in total. The van der Waals surface area contributed by atoms with Crippen LogP contribution in [0.3, 0.4) is 0 Å². The van der Waals surface area contributed by atoms with Crippen molar-refractivity contribution in [2.24, 2.45) is 5.14 Å². The molecular formula is C12H17BrN2O3S. The van der Waals surface area contributed by atoms with E-state index in [9.17, 15) is 13.2 Å². The first-order valence-electron chi connectivity index (χ1n) is 5.80. The van der Waals surface area contributed by atoms with Gasteiger partial charge in [-0.05, 0) is 30.5 Å². The van der Waals surface area contributed by atoms with Gasteiger partial charge in [0.1, 0.15) is 0 Å². The molecule has 0 aliphatic heterocycles. The van der Waals surface area contributed by atoms with Gasteiger partial charge in [0.2, 0.25) is 15.9 Å². The fourth-order valence-corrected chi connectivity index (χ4v) is 2.17. The van der Waals surface area contributed by atoms with Crippen LogP contribution >= 0.6 is 15.9 Å². The smallest absolute Gasteiger partial charge is 0.220 e. The van der Waals surface area contributed by atoms with Crippen LogP contribution in [0.15, 0.2) is 22.7 Å². The first-order valence-corrected chi connectivity index (χ1v) is 8.31. The third-order valence-corrected chi connectivity index (χ3v) is 4.23. The summed E-state index contributed by atoms with van der Waals surface area (Å²) in [7, 11) is -3.52. The second-order valence-electron chi connectivity index (χ2n) is 4.30. The molecule has 0 saturated heterocycles. The van der Waals surface area contributed by atoms with E-state index in [-0.39, 0.29) is 18.2 Å². The molecule has 0 atom stereocenters. The Morgan fingerprint density at radius 2 is 2.11 bits per heavy atom. The maximum Gasteiger partial charge on any atom is 0.220 e. The molecule has 0 unspecified atom stereocenters. The van der Waals surface area contributed by atoms with Gasteiger partial charge in [-0.1, -0.05) is 28.1 Å². The maximum absolute atomic E-state index is 11.5. The lowest BCUT2D eigenvalue weighted by Gasteiger charge is -2.06. The lowest BCUT2D eigenvalue weighted by atomic mass is 10.1. The summed E-state index contributed by atoms with van der Waals surface area (Å²) in [6.07, 6.45) is 0.945. The van der Waals surface area contributed by atoms with Gasteiger partial charge in [0, 0.05) is 17.4 Å².